The zero-order valence-electron chi connectivity index (χ0n) is 34.7. The Kier molecular flexibility index (Phi) is 11.6. The first-order valence-electron chi connectivity index (χ1n) is 20.4. The van der Waals surface area contributed by atoms with Gasteiger partial charge in [-0.3, -0.25) is 19.9 Å². The van der Waals surface area contributed by atoms with Crippen molar-refractivity contribution in [3.05, 3.63) is 201 Å². The maximum Gasteiger partial charge on any atom is 0.111 e. The van der Waals surface area contributed by atoms with Crippen molar-refractivity contribution in [2.45, 2.75) is 40.5 Å². The molecule has 10 rings (SSSR count). The van der Waals surface area contributed by atoms with Crippen LogP contribution in [0.4, 0.5) is 0 Å². The number of rotatable bonds is 8. The summed E-state index contributed by atoms with van der Waals surface area (Å²) >= 11 is 9.73. The van der Waals surface area contributed by atoms with E-state index in [0.29, 0.717) is 12.8 Å². The van der Waals surface area contributed by atoms with Crippen LogP contribution >= 0.6 is 27.5 Å². The Balaban J connectivity index is 0.000000158. The summed E-state index contributed by atoms with van der Waals surface area (Å²) in [6.45, 7) is 8.02. The Morgan fingerprint density at radius 2 is 0.919 bits per heavy atom. The molecule has 10 aromatic rings. The molecule has 0 unspecified atom stereocenters. The number of halogens is 2. The first kappa shape index (κ1) is 40.6. The summed E-state index contributed by atoms with van der Waals surface area (Å²) in [7, 11) is 0. The molecule has 0 aliphatic heterocycles. The zero-order valence-corrected chi connectivity index (χ0v) is 37.1. The SMILES string of the molecule is Cc1cccc(-c2[nH]c(Cc3cccc(Br)c3)nc2-c2ccc3nc(C)ccc3c2)n1.Cc1cccc(-c2[nH]c(Cc3cccc(Cl)c3)nc2-c2ccc3nc(C)ccc3c2)n1. The van der Waals surface area contributed by atoms with Crippen LogP contribution in [0.25, 0.3) is 67.1 Å². The third-order valence-corrected chi connectivity index (χ3v) is 11.2. The molecule has 10 heteroatoms. The third-order valence-electron chi connectivity index (χ3n) is 10.5. The molecule has 6 aromatic heterocycles. The van der Waals surface area contributed by atoms with E-state index in [0.717, 1.165) is 117 Å². The number of aromatic amines is 2. The van der Waals surface area contributed by atoms with Crippen LogP contribution in [0.5, 0.6) is 0 Å². The van der Waals surface area contributed by atoms with E-state index >= 15 is 0 Å². The maximum atomic E-state index is 6.18. The minimum absolute atomic E-state index is 0.660. The van der Waals surface area contributed by atoms with E-state index in [1.165, 1.54) is 5.56 Å². The van der Waals surface area contributed by atoms with Crippen LogP contribution in [-0.2, 0) is 12.8 Å². The molecule has 0 atom stereocenters. The molecule has 0 radical (unpaired) electrons. The molecule has 0 bridgehead atoms. The number of imidazole rings is 2. The summed E-state index contributed by atoms with van der Waals surface area (Å²) in [5, 5.41) is 2.91. The van der Waals surface area contributed by atoms with E-state index in [4.69, 9.17) is 31.5 Å². The van der Waals surface area contributed by atoms with Crippen LogP contribution in [0.1, 0.15) is 45.6 Å². The average molecular weight is 894 g/mol. The number of nitrogens with zero attached hydrogens (tertiary/aromatic N) is 6. The quantitative estimate of drug-likeness (QED) is 0.157. The Bertz CT molecular complexity index is 3030. The van der Waals surface area contributed by atoms with Crippen LogP contribution in [0.2, 0.25) is 5.02 Å². The van der Waals surface area contributed by atoms with Gasteiger partial charge < -0.3 is 9.97 Å². The van der Waals surface area contributed by atoms with E-state index in [2.05, 4.69) is 103 Å². The van der Waals surface area contributed by atoms with Gasteiger partial charge in [0.1, 0.15) is 11.6 Å². The van der Waals surface area contributed by atoms with Crippen LogP contribution < -0.4 is 0 Å². The lowest BCUT2D eigenvalue weighted by Crippen LogP contribution is -1.91. The molecule has 6 heterocycles. The fourth-order valence-electron chi connectivity index (χ4n) is 7.60. The highest BCUT2D eigenvalue weighted by Crippen LogP contribution is 2.34. The number of hydrogen-bond acceptors (Lipinski definition) is 6. The van der Waals surface area contributed by atoms with Gasteiger partial charge in [-0.25, -0.2) is 9.97 Å². The highest BCUT2D eigenvalue weighted by atomic mass is 79.9. The third kappa shape index (κ3) is 9.24. The second-order valence-electron chi connectivity index (χ2n) is 15.5. The molecule has 0 amide bonds. The summed E-state index contributed by atoms with van der Waals surface area (Å²) in [6.07, 6.45) is 1.38. The van der Waals surface area contributed by atoms with Crippen LogP contribution in [0.3, 0.4) is 0 Å². The van der Waals surface area contributed by atoms with Crippen LogP contribution in [0.15, 0.2) is 150 Å². The molecule has 4 aromatic carbocycles. The molecule has 2 N–H and O–H groups in total. The fourth-order valence-corrected chi connectivity index (χ4v) is 8.25. The fraction of sp³-hybridized carbons (Fsp3) is 0.115. The summed E-state index contributed by atoms with van der Waals surface area (Å²) in [4.78, 5) is 35.8. The Morgan fingerprint density at radius 1 is 0.452 bits per heavy atom. The highest BCUT2D eigenvalue weighted by Gasteiger charge is 2.18. The molecule has 0 aliphatic rings. The van der Waals surface area contributed by atoms with Gasteiger partial charge in [-0.2, -0.15) is 0 Å². The second-order valence-corrected chi connectivity index (χ2v) is 16.8. The lowest BCUT2D eigenvalue weighted by Gasteiger charge is -2.05. The van der Waals surface area contributed by atoms with Gasteiger partial charge in [0.15, 0.2) is 0 Å². The van der Waals surface area contributed by atoms with Crippen molar-refractivity contribution in [2.24, 2.45) is 0 Å². The minimum atomic E-state index is 0.660. The summed E-state index contributed by atoms with van der Waals surface area (Å²) in [5.74, 6) is 1.78. The Morgan fingerprint density at radius 3 is 1.40 bits per heavy atom. The van der Waals surface area contributed by atoms with E-state index in [1.54, 1.807) is 0 Å². The second kappa shape index (κ2) is 17.7. The number of H-pyrrole nitrogens is 2. The molecular weight excluding hydrogens is 852 g/mol. The summed E-state index contributed by atoms with van der Waals surface area (Å²) < 4.78 is 1.06. The van der Waals surface area contributed by atoms with E-state index < -0.39 is 0 Å². The number of fused-ring (bicyclic) bond motifs is 2. The number of nitrogens with one attached hydrogen (secondary N) is 2. The Hall–Kier alpha value is -6.81. The lowest BCUT2D eigenvalue weighted by molar-refractivity contribution is 1.02. The minimum Gasteiger partial charge on any atom is -0.340 e. The normalized spacial score (nSPS) is 11.2. The van der Waals surface area contributed by atoms with Gasteiger partial charge in [0.05, 0.1) is 45.2 Å². The molecule has 0 saturated carbocycles. The molecule has 62 heavy (non-hydrogen) atoms. The van der Waals surface area contributed by atoms with E-state index in [1.807, 2.05) is 107 Å². The zero-order chi connectivity index (χ0) is 42.7. The van der Waals surface area contributed by atoms with Crippen molar-refractivity contribution in [3.63, 3.8) is 0 Å². The number of benzene rings is 4. The summed E-state index contributed by atoms with van der Waals surface area (Å²) in [6, 6.07) is 49.1. The molecule has 0 saturated heterocycles. The number of aryl methyl sites for hydroxylation is 4. The molecule has 0 spiro atoms. The predicted octanol–water partition coefficient (Wildman–Crippen LogP) is 13.2. The molecule has 8 nitrogen and oxygen atoms in total. The molecule has 304 valence electrons. The van der Waals surface area contributed by atoms with Crippen molar-refractivity contribution >= 4 is 49.3 Å². The van der Waals surface area contributed by atoms with Crippen LogP contribution in [-0.4, -0.2) is 39.9 Å². The monoisotopic (exact) mass is 892 g/mol. The maximum absolute atomic E-state index is 6.18. The highest BCUT2D eigenvalue weighted by molar-refractivity contribution is 9.10. The van der Waals surface area contributed by atoms with Crippen molar-refractivity contribution in [1.82, 2.24) is 39.9 Å². The van der Waals surface area contributed by atoms with Gasteiger partial charge in [0, 0.05) is 67.0 Å². The van der Waals surface area contributed by atoms with Crippen molar-refractivity contribution in [2.75, 3.05) is 0 Å². The van der Waals surface area contributed by atoms with Crippen molar-refractivity contribution in [3.8, 4) is 45.3 Å². The van der Waals surface area contributed by atoms with Gasteiger partial charge in [-0.15, -0.1) is 0 Å². The first-order chi connectivity index (χ1) is 30.1. The number of hydrogen-bond donors (Lipinski definition) is 2. The smallest absolute Gasteiger partial charge is 0.111 e. The Labute approximate surface area is 373 Å². The largest absolute Gasteiger partial charge is 0.340 e. The number of aromatic nitrogens is 8. The van der Waals surface area contributed by atoms with Crippen molar-refractivity contribution < 1.29 is 0 Å². The lowest BCUT2D eigenvalue weighted by atomic mass is 10.0. The molecule has 0 aliphatic carbocycles. The molecular formula is C52H42BrClN8. The molecule has 0 fully saturated rings. The average Bonchev–Trinajstić information content (AvgIpc) is 3.88. The number of pyridine rings is 4. The van der Waals surface area contributed by atoms with Gasteiger partial charge in [0.25, 0.3) is 0 Å². The van der Waals surface area contributed by atoms with Gasteiger partial charge >= 0.3 is 0 Å². The first-order valence-corrected chi connectivity index (χ1v) is 21.6. The van der Waals surface area contributed by atoms with Crippen LogP contribution in [0, 0.1) is 27.7 Å². The van der Waals surface area contributed by atoms with Crippen molar-refractivity contribution in [1.29, 1.82) is 0 Å². The van der Waals surface area contributed by atoms with E-state index in [9.17, 15) is 0 Å². The van der Waals surface area contributed by atoms with E-state index in [-0.39, 0.29) is 0 Å². The van der Waals surface area contributed by atoms with Gasteiger partial charge in [-0.05, 0) is 124 Å². The van der Waals surface area contributed by atoms with Gasteiger partial charge in [-0.1, -0.05) is 88.2 Å². The standard InChI is InChI=1S/C26H21BrN4.C26H21ClN4/c2*1-16-5-3-8-23(29-16)26-25(20-11-12-22-19(15-20)10-9-17(2)28-22)30-24(31-26)14-18-6-4-7-21(27)13-18/h2*3-13,15H,14H2,1-2H3,(H,30,31). The van der Waals surface area contributed by atoms with Gasteiger partial charge in [0.2, 0.25) is 0 Å². The summed E-state index contributed by atoms with van der Waals surface area (Å²) in [5.41, 5.74) is 15.7. The topological polar surface area (TPSA) is 109 Å². The predicted molar refractivity (Wildman–Crippen MR) is 255 cm³/mol.